The van der Waals surface area contributed by atoms with Gasteiger partial charge in [0.05, 0.1) is 69.0 Å². The van der Waals surface area contributed by atoms with E-state index in [1.807, 2.05) is 85.3 Å². The maximum atomic E-state index is 14.9. The van der Waals surface area contributed by atoms with Crippen molar-refractivity contribution in [2.24, 2.45) is 13.0 Å². The van der Waals surface area contributed by atoms with Crippen LogP contribution in [0.15, 0.2) is 103 Å². The fourth-order valence-corrected chi connectivity index (χ4v) is 9.22. The Labute approximate surface area is 419 Å². The molecule has 4 aromatic carbocycles. The summed E-state index contributed by atoms with van der Waals surface area (Å²) in [5.41, 5.74) is 3.07. The lowest BCUT2D eigenvalue weighted by Gasteiger charge is -2.45. The van der Waals surface area contributed by atoms with Crippen molar-refractivity contribution in [3.63, 3.8) is 0 Å². The van der Waals surface area contributed by atoms with Gasteiger partial charge in [0.2, 0.25) is 11.8 Å². The van der Waals surface area contributed by atoms with Crippen LogP contribution in [0.1, 0.15) is 55.6 Å². The van der Waals surface area contributed by atoms with E-state index in [1.54, 1.807) is 48.4 Å². The molecule has 70 heavy (non-hydrogen) atoms. The summed E-state index contributed by atoms with van der Waals surface area (Å²) in [4.78, 5) is 65.9. The van der Waals surface area contributed by atoms with Gasteiger partial charge in [-0.15, -0.1) is 0 Å². The third kappa shape index (κ3) is 13.7. The van der Waals surface area contributed by atoms with Crippen LogP contribution in [0.2, 0.25) is 10.0 Å². The van der Waals surface area contributed by atoms with E-state index < -0.39 is 47.9 Å². The Morgan fingerprint density at radius 1 is 0.857 bits per heavy atom. The van der Waals surface area contributed by atoms with Gasteiger partial charge < -0.3 is 49.1 Å². The number of benzene rings is 4. The molecule has 2 saturated heterocycles. The number of hydrogen-bond acceptors (Lipinski definition) is 10. The predicted octanol–water partition coefficient (Wildman–Crippen LogP) is 7.57. The van der Waals surface area contributed by atoms with Crippen LogP contribution in [0, 0.1) is 5.92 Å². The second-order valence-electron chi connectivity index (χ2n) is 17.8. The fraction of sp³-hybridized carbons (Fsp3) is 0.415. The van der Waals surface area contributed by atoms with Gasteiger partial charge in [-0.1, -0.05) is 71.7 Å². The first-order chi connectivity index (χ1) is 33.8. The monoisotopic (exact) mass is 996 g/mol. The van der Waals surface area contributed by atoms with E-state index in [1.165, 1.54) is 4.90 Å². The number of imidazole rings is 1. The molecule has 3 heterocycles. The number of nitrogens with one attached hydrogen (secondary N) is 2. The molecule has 2 aliphatic rings. The first kappa shape index (κ1) is 52.0. The lowest BCUT2D eigenvalue weighted by Crippen LogP contribution is -2.64. The highest BCUT2D eigenvalue weighted by Crippen LogP contribution is 2.33. The van der Waals surface area contributed by atoms with Gasteiger partial charge in [0.15, 0.2) is 5.78 Å². The van der Waals surface area contributed by atoms with E-state index in [0.717, 1.165) is 28.2 Å². The predicted molar refractivity (Wildman–Crippen MR) is 267 cm³/mol. The number of Topliss-reactive ketones (excluding diaryl/α,β-unsaturated/α-hetero) is 1. The third-order valence-corrected chi connectivity index (χ3v) is 13.3. The third-order valence-electron chi connectivity index (χ3n) is 12.9. The molecule has 3 N–H and O–H groups in total. The molecule has 2 aliphatic heterocycles. The van der Waals surface area contributed by atoms with Gasteiger partial charge in [-0.25, -0.2) is 9.78 Å². The molecule has 5 aromatic rings. The number of fused-ring (bicyclic) bond motifs is 2. The van der Waals surface area contributed by atoms with Crippen LogP contribution in [-0.4, -0.2) is 118 Å². The summed E-state index contributed by atoms with van der Waals surface area (Å²) in [5, 5.41) is 17.8. The number of nitrogens with zero attached hydrogens (tertiary/aromatic N) is 4. The number of ketones is 1. The lowest BCUT2D eigenvalue weighted by molar-refractivity contribution is -0.139. The first-order valence-electron chi connectivity index (χ1n) is 23.8. The van der Waals surface area contributed by atoms with E-state index in [9.17, 15) is 24.3 Å². The molecular weight excluding hydrogens is 936 g/mol. The molecule has 17 heteroatoms. The Kier molecular flexibility index (Phi) is 18.5. The van der Waals surface area contributed by atoms with Crippen molar-refractivity contribution >= 4 is 46.8 Å². The van der Waals surface area contributed by atoms with Crippen LogP contribution < -0.4 is 15.4 Å². The second kappa shape index (κ2) is 24.8. The Hall–Kier alpha value is -5.81. The Morgan fingerprint density at radius 2 is 1.57 bits per heavy atom. The van der Waals surface area contributed by atoms with Crippen molar-refractivity contribution in [2.75, 3.05) is 52.7 Å². The maximum Gasteiger partial charge on any atom is 0.318 e. The Morgan fingerprint density at radius 3 is 2.30 bits per heavy atom. The highest BCUT2D eigenvalue weighted by atomic mass is 35.5. The summed E-state index contributed by atoms with van der Waals surface area (Å²) < 4.78 is 25.0. The van der Waals surface area contributed by atoms with Gasteiger partial charge in [0.25, 0.3) is 0 Å². The summed E-state index contributed by atoms with van der Waals surface area (Å²) in [7, 11) is 1.92. The van der Waals surface area contributed by atoms with Gasteiger partial charge in [0.1, 0.15) is 30.0 Å². The van der Waals surface area contributed by atoms with Crippen LogP contribution in [0.4, 0.5) is 4.79 Å². The van der Waals surface area contributed by atoms with E-state index in [2.05, 4.69) is 15.6 Å². The molecule has 4 amide bonds. The van der Waals surface area contributed by atoms with Crippen LogP contribution in [0.3, 0.4) is 0 Å². The van der Waals surface area contributed by atoms with Gasteiger partial charge in [-0.3, -0.25) is 14.4 Å². The molecule has 2 fully saturated rings. The van der Waals surface area contributed by atoms with Crippen molar-refractivity contribution < 1.29 is 43.2 Å². The largest absolute Gasteiger partial charge is 0.457 e. The van der Waals surface area contributed by atoms with E-state index >= 15 is 0 Å². The van der Waals surface area contributed by atoms with Crippen LogP contribution in [-0.2, 0) is 61.6 Å². The summed E-state index contributed by atoms with van der Waals surface area (Å²) in [6, 6.07) is 26.4. The minimum atomic E-state index is -1.12. The van der Waals surface area contributed by atoms with Crippen LogP contribution in [0.5, 0.6) is 11.5 Å². The number of rotatable bonds is 19. The molecule has 2 bridgehead atoms. The molecule has 0 aliphatic carbocycles. The number of amides is 4. The molecule has 0 saturated carbocycles. The molecule has 1 aromatic heterocycles. The molecule has 372 valence electrons. The maximum absolute atomic E-state index is 14.9. The molecule has 15 nitrogen and oxygen atoms in total. The number of halogens is 2. The molecule has 7 rings (SSSR count). The minimum absolute atomic E-state index is 0.140. The van der Waals surface area contributed by atoms with Crippen molar-refractivity contribution in [3.8, 4) is 22.8 Å². The van der Waals surface area contributed by atoms with Crippen LogP contribution in [0.25, 0.3) is 11.3 Å². The topological polar surface area (TPSA) is 174 Å². The smallest absolute Gasteiger partial charge is 0.318 e. The van der Waals surface area contributed by atoms with E-state index in [-0.39, 0.29) is 31.8 Å². The Balaban J connectivity index is 1.13. The SMILES string of the molecule is CCOCCOCCOCc1ncc(-c2ccc(Oc3cc(Cl)ccc3CN3C(=O)N[C@@H](Cc4ccccc4)C(=O)N4CCC[C@@](Cc5ccc(Cl)cc5)(C4)NC(=O)[C@H](CO)CC(=O)[C@@H]3C)cc2)n1C. The zero-order chi connectivity index (χ0) is 49.6. The van der Waals surface area contributed by atoms with Gasteiger partial charge >= 0.3 is 6.03 Å². The number of hydrogen-bond donors (Lipinski definition) is 3. The van der Waals surface area contributed by atoms with Gasteiger partial charge in [-0.2, -0.15) is 0 Å². The number of carbonyl (C=O) groups is 4. The van der Waals surface area contributed by atoms with E-state index in [0.29, 0.717) is 92.6 Å². The Bertz CT molecular complexity index is 2540. The van der Waals surface area contributed by atoms with Crippen molar-refractivity contribution in [2.45, 2.75) is 76.7 Å². The number of aliphatic hydroxyl groups excluding tert-OH is 1. The minimum Gasteiger partial charge on any atom is -0.457 e. The van der Waals surface area contributed by atoms with Gasteiger partial charge in [-0.05, 0) is 92.8 Å². The summed E-state index contributed by atoms with van der Waals surface area (Å²) in [6.07, 6.45) is 3.09. The summed E-state index contributed by atoms with van der Waals surface area (Å²) >= 11 is 12.8. The van der Waals surface area contributed by atoms with Crippen molar-refractivity contribution in [1.82, 2.24) is 30.0 Å². The fourth-order valence-electron chi connectivity index (χ4n) is 8.93. The number of piperidine rings is 1. The quantitative estimate of drug-likeness (QED) is 0.0701. The average Bonchev–Trinajstić information content (AvgIpc) is 3.73. The normalized spacial score (nSPS) is 20.2. The van der Waals surface area contributed by atoms with E-state index in [4.69, 9.17) is 42.1 Å². The first-order valence-corrected chi connectivity index (χ1v) is 24.5. The average molecular weight is 998 g/mol. The number of carbonyl (C=O) groups excluding carboxylic acids is 4. The standard InChI is InChI=1S/C53H62Cl2N6O9/c1-4-67-23-24-68-25-26-69-34-49-56-31-46(59(49)3)39-14-19-44(20-15-39)70-48-29-43(55)18-13-40(48)32-61-36(2)47(63)28-41(33-62)50(64)58-53(30-38-11-16-42(54)17-12-38)21-8-22-60(35-53)51(65)45(57-52(61)66)27-37-9-6-5-7-10-37/h5-7,9-20,29,31,36,41,45,62H,4,8,21-28,30,32-35H2,1-3H3,(H,57,66)(H,58,64)/t36-,41-,45-,53+/m0/s1. The molecule has 0 radical (unpaired) electrons. The second-order valence-corrected chi connectivity index (χ2v) is 18.7. The van der Waals surface area contributed by atoms with Crippen molar-refractivity contribution in [3.05, 3.63) is 136 Å². The number of urea groups is 1. The molecule has 0 unspecified atom stereocenters. The van der Waals surface area contributed by atoms with Gasteiger partial charge in [0, 0.05) is 60.8 Å². The lowest BCUT2D eigenvalue weighted by atomic mass is 9.81. The molecule has 4 atom stereocenters. The summed E-state index contributed by atoms with van der Waals surface area (Å²) in [6.45, 7) is 6.23. The zero-order valence-electron chi connectivity index (χ0n) is 39.9. The number of aromatic nitrogens is 2. The molecule has 0 spiro atoms. The summed E-state index contributed by atoms with van der Waals surface area (Å²) in [5.74, 6) is -0.841. The zero-order valence-corrected chi connectivity index (χ0v) is 41.4. The number of ether oxygens (including phenoxy) is 4. The number of aliphatic hydroxyl groups is 1. The highest BCUT2D eigenvalue weighted by molar-refractivity contribution is 6.31. The highest BCUT2D eigenvalue weighted by Gasteiger charge is 2.43. The molecular formula is C53H62Cl2N6O9. The van der Waals surface area contributed by atoms with Crippen LogP contribution >= 0.6 is 23.2 Å². The van der Waals surface area contributed by atoms with Crippen molar-refractivity contribution in [1.29, 1.82) is 0 Å².